The Bertz CT molecular complexity index is 208. The van der Waals surface area contributed by atoms with E-state index in [0.29, 0.717) is 6.42 Å². The van der Waals surface area contributed by atoms with Crippen molar-refractivity contribution in [3.8, 4) is 12.3 Å². The first kappa shape index (κ1) is 12.8. The van der Waals surface area contributed by atoms with Crippen LogP contribution in [0.25, 0.3) is 0 Å². The maximum Gasteiger partial charge on any atom is 0.139 e. The summed E-state index contributed by atoms with van der Waals surface area (Å²) in [6.45, 7) is 2.93. The lowest BCUT2D eigenvalue weighted by atomic mass is 10.2. The van der Waals surface area contributed by atoms with Crippen molar-refractivity contribution in [2.75, 3.05) is 6.54 Å². The van der Waals surface area contributed by atoms with Gasteiger partial charge in [-0.25, -0.2) is 0 Å². The van der Waals surface area contributed by atoms with E-state index < -0.39 is 0 Å². The first-order chi connectivity index (χ1) is 6.74. The molecule has 0 aliphatic heterocycles. The Labute approximate surface area is 85.6 Å². The summed E-state index contributed by atoms with van der Waals surface area (Å²) in [7, 11) is 0. The van der Waals surface area contributed by atoms with Gasteiger partial charge < -0.3 is 16.3 Å². The number of amidine groups is 1. The molecule has 0 aliphatic carbocycles. The molecule has 0 amide bonds. The summed E-state index contributed by atoms with van der Waals surface area (Å²) in [6.07, 6.45) is 8.74. The Morgan fingerprint density at radius 2 is 2.36 bits per heavy atom. The maximum absolute atomic E-state index is 8.28. The van der Waals surface area contributed by atoms with Gasteiger partial charge in [-0.05, 0) is 25.8 Å². The molecule has 4 N–H and O–H groups in total. The van der Waals surface area contributed by atoms with Crippen molar-refractivity contribution >= 4 is 5.84 Å². The molecule has 0 aromatic heterocycles. The molecule has 0 aliphatic rings. The van der Waals surface area contributed by atoms with Gasteiger partial charge in [-0.2, -0.15) is 0 Å². The number of hydrogen-bond donors (Lipinski definition) is 3. The third kappa shape index (κ3) is 6.32. The normalized spacial score (nSPS) is 13.6. The minimum atomic E-state index is 0.166. The number of oxime groups is 1. The fourth-order valence-electron chi connectivity index (χ4n) is 1.08. The van der Waals surface area contributed by atoms with E-state index in [-0.39, 0.29) is 11.9 Å². The van der Waals surface area contributed by atoms with Crippen LogP contribution in [0.5, 0.6) is 0 Å². The van der Waals surface area contributed by atoms with Crippen molar-refractivity contribution in [3.05, 3.63) is 0 Å². The molecule has 0 saturated carbocycles. The Kier molecular flexibility index (Phi) is 7.67. The first-order valence-corrected chi connectivity index (χ1v) is 4.90. The molecule has 0 saturated heterocycles. The van der Waals surface area contributed by atoms with Gasteiger partial charge in [0.2, 0.25) is 0 Å². The van der Waals surface area contributed by atoms with E-state index in [1.165, 1.54) is 0 Å². The second-order valence-electron chi connectivity index (χ2n) is 3.13. The zero-order chi connectivity index (χ0) is 10.8. The molecule has 0 aromatic rings. The fraction of sp³-hybridized carbons (Fsp3) is 0.700. The largest absolute Gasteiger partial charge is 0.409 e. The van der Waals surface area contributed by atoms with Crippen LogP contribution in [0, 0.1) is 12.3 Å². The highest BCUT2D eigenvalue weighted by atomic mass is 16.4. The molecule has 0 rings (SSSR count). The number of hydrogen-bond acceptors (Lipinski definition) is 3. The molecule has 4 heteroatoms. The molecule has 0 radical (unpaired) electrons. The Morgan fingerprint density at radius 3 is 2.86 bits per heavy atom. The Morgan fingerprint density at radius 1 is 1.64 bits per heavy atom. The summed E-state index contributed by atoms with van der Waals surface area (Å²) < 4.78 is 0. The molecular weight excluding hydrogens is 178 g/mol. The van der Waals surface area contributed by atoms with Crippen molar-refractivity contribution in [3.63, 3.8) is 0 Å². The summed E-state index contributed by atoms with van der Waals surface area (Å²) in [6, 6.07) is 0.166. The Balaban J connectivity index is 3.34. The molecule has 80 valence electrons. The van der Waals surface area contributed by atoms with Gasteiger partial charge in [-0.3, -0.25) is 0 Å². The number of nitrogens with two attached hydrogens (primary N) is 1. The van der Waals surface area contributed by atoms with Crippen LogP contribution in [0.3, 0.4) is 0 Å². The SMILES string of the molecule is C#CC(CC)NCCCCC(N)=NO. The van der Waals surface area contributed by atoms with Gasteiger partial charge in [0.15, 0.2) is 0 Å². The van der Waals surface area contributed by atoms with Gasteiger partial charge in [-0.1, -0.05) is 18.0 Å². The summed E-state index contributed by atoms with van der Waals surface area (Å²) in [5.41, 5.74) is 5.31. The molecule has 4 nitrogen and oxygen atoms in total. The zero-order valence-electron chi connectivity index (χ0n) is 8.66. The van der Waals surface area contributed by atoms with E-state index in [0.717, 1.165) is 25.8 Å². The number of terminal acetylenes is 1. The molecule has 0 spiro atoms. The first-order valence-electron chi connectivity index (χ1n) is 4.90. The van der Waals surface area contributed by atoms with E-state index >= 15 is 0 Å². The summed E-state index contributed by atoms with van der Waals surface area (Å²) >= 11 is 0. The monoisotopic (exact) mass is 197 g/mol. The maximum atomic E-state index is 8.28. The van der Waals surface area contributed by atoms with E-state index in [9.17, 15) is 0 Å². The molecule has 0 fully saturated rings. The molecular formula is C10H19N3O. The van der Waals surface area contributed by atoms with Gasteiger partial charge in [0.25, 0.3) is 0 Å². The van der Waals surface area contributed by atoms with E-state index in [2.05, 4.69) is 16.4 Å². The molecule has 1 unspecified atom stereocenters. The fourth-order valence-corrected chi connectivity index (χ4v) is 1.08. The van der Waals surface area contributed by atoms with Crippen LogP contribution in [-0.2, 0) is 0 Å². The van der Waals surface area contributed by atoms with E-state index in [1.807, 2.05) is 6.92 Å². The standard InChI is InChI=1S/C10H19N3O/c1-3-9(4-2)12-8-6-5-7-10(11)13-14/h1,9,12,14H,4-8H2,2H3,(H2,11,13). The highest BCUT2D eigenvalue weighted by molar-refractivity contribution is 5.79. The number of nitrogens with zero attached hydrogens (tertiary/aromatic N) is 1. The number of nitrogens with one attached hydrogen (secondary N) is 1. The smallest absolute Gasteiger partial charge is 0.139 e. The van der Waals surface area contributed by atoms with Gasteiger partial charge in [0.1, 0.15) is 5.84 Å². The third-order valence-electron chi connectivity index (χ3n) is 1.99. The summed E-state index contributed by atoms with van der Waals surface area (Å²) in [5, 5.41) is 14.4. The lowest BCUT2D eigenvalue weighted by Gasteiger charge is -2.09. The second kappa shape index (κ2) is 8.39. The molecule has 14 heavy (non-hydrogen) atoms. The topological polar surface area (TPSA) is 70.6 Å². The molecule has 0 aromatic carbocycles. The van der Waals surface area contributed by atoms with Crippen LogP contribution in [0.15, 0.2) is 5.16 Å². The van der Waals surface area contributed by atoms with Crippen molar-refractivity contribution < 1.29 is 5.21 Å². The van der Waals surface area contributed by atoms with Gasteiger partial charge in [0, 0.05) is 6.42 Å². The highest BCUT2D eigenvalue weighted by Gasteiger charge is 1.99. The average Bonchev–Trinajstić information content (AvgIpc) is 2.23. The number of unbranched alkanes of at least 4 members (excludes halogenated alkanes) is 1. The van der Waals surface area contributed by atoms with Crippen LogP contribution >= 0.6 is 0 Å². The van der Waals surface area contributed by atoms with Crippen molar-refractivity contribution in [2.24, 2.45) is 10.9 Å². The molecule has 0 bridgehead atoms. The summed E-state index contributed by atoms with van der Waals surface area (Å²) in [4.78, 5) is 0. The lowest BCUT2D eigenvalue weighted by molar-refractivity contribution is 0.316. The minimum absolute atomic E-state index is 0.166. The number of rotatable bonds is 7. The molecule has 1 atom stereocenters. The second-order valence-corrected chi connectivity index (χ2v) is 3.13. The highest BCUT2D eigenvalue weighted by Crippen LogP contribution is 1.95. The quantitative estimate of drug-likeness (QED) is 0.142. The predicted molar refractivity (Wildman–Crippen MR) is 58.2 cm³/mol. The van der Waals surface area contributed by atoms with Crippen molar-refractivity contribution in [1.29, 1.82) is 0 Å². The zero-order valence-corrected chi connectivity index (χ0v) is 8.66. The van der Waals surface area contributed by atoms with Crippen molar-refractivity contribution in [1.82, 2.24) is 5.32 Å². The Hall–Kier alpha value is -1.21. The van der Waals surface area contributed by atoms with Gasteiger partial charge in [0.05, 0.1) is 6.04 Å². The predicted octanol–water partition coefficient (Wildman–Crippen LogP) is 0.905. The van der Waals surface area contributed by atoms with Crippen LogP contribution < -0.4 is 11.1 Å². The van der Waals surface area contributed by atoms with E-state index in [4.69, 9.17) is 17.4 Å². The average molecular weight is 197 g/mol. The van der Waals surface area contributed by atoms with Gasteiger partial charge in [-0.15, -0.1) is 6.42 Å². The van der Waals surface area contributed by atoms with Crippen LogP contribution in [0.1, 0.15) is 32.6 Å². The van der Waals surface area contributed by atoms with Crippen molar-refractivity contribution in [2.45, 2.75) is 38.6 Å². The van der Waals surface area contributed by atoms with Crippen LogP contribution in [0.2, 0.25) is 0 Å². The minimum Gasteiger partial charge on any atom is -0.409 e. The summed E-state index contributed by atoms with van der Waals surface area (Å²) in [5.74, 6) is 2.95. The van der Waals surface area contributed by atoms with E-state index in [1.54, 1.807) is 0 Å². The lowest BCUT2D eigenvalue weighted by Crippen LogP contribution is -2.27. The van der Waals surface area contributed by atoms with Crippen LogP contribution in [-0.4, -0.2) is 23.6 Å². The molecule has 0 heterocycles. The van der Waals surface area contributed by atoms with Crippen LogP contribution in [0.4, 0.5) is 0 Å². The van der Waals surface area contributed by atoms with Gasteiger partial charge >= 0.3 is 0 Å². The third-order valence-corrected chi connectivity index (χ3v) is 1.99.